The van der Waals surface area contributed by atoms with Gasteiger partial charge in [0, 0.05) is 44.5 Å². The van der Waals surface area contributed by atoms with Crippen LogP contribution in [0.15, 0.2) is 35.7 Å². The van der Waals surface area contributed by atoms with E-state index in [9.17, 15) is 18.3 Å². The molecule has 11 heteroatoms. The molecule has 35 heavy (non-hydrogen) atoms. The van der Waals surface area contributed by atoms with Gasteiger partial charge in [0.15, 0.2) is 5.03 Å². The first-order valence-electron chi connectivity index (χ1n) is 12.0. The fraction of sp³-hybridized carbons (Fsp3) is 0.583. The van der Waals surface area contributed by atoms with Gasteiger partial charge in [-0.25, -0.2) is 4.98 Å². The molecule has 192 valence electrons. The highest BCUT2D eigenvalue weighted by Gasteiger charge is 2.34. The van der Waals surface area contributed by atoms with Crippen LogP contribution < -0.4 is 9.46 Å². The van der Waals surface area contributed by atoms with E-state index < -0.39 is 16.1 Å². The Balaban J connectivity index is 1.64. The number of rotatable bonds is 9. The molecular formula is C24H35N5O5S. The molecule has 3 atom stereocenters. The summed E-state index contributed by atoms with van der Waals surface area (Å²) in [5.41, 5.74) is 0.493. The second-order valence-electron chi connectivity index (χ2n) is 9.98. The average Bonchev–Trinajstić information content (AvgIpc) is 3.50. The van der Waals surface area contributed by atoms with E-state index in [1.807, 2.05) is 0 Å². The van der Waals surface area contributed by atoms with Crippen molar-refractivity contribution in [3.8, 4) is 5.75 Å². The highest BCUT2D eigenvalue weighted by Crippen LogP contribution is 2.32. The Labute approximate surface area is 206 Å². The zero-order chi connectivity index (χ0) is 25.3. The molecule has 2 heterocycles. The van der Waals surface area contributed by atoms with Crippen LogP contribution in [0.4, 0.5) is 5.69 Å². The Morgan fingerprint density at radius 2 is 2.06 bits per heavy atom. The maximum Gasteiger partial charge on any atom is 0.280 e. The molecule has 1 amide bonds. The Hall–Kier alpha value is -2.63. The van der Waals surface area contributed by atoms with Crippen molar-refractivity contribution >= 4 is 21.6 Å². The van der Waals surface area contributed by atoms with E-state index in [1.54, 1.807) is 35.6 Å². The minimum Gasteiger partial charge on any atom is -0.488 e. The third kappa shape index (κ3) is 5.96. The van der Waals surface area contributed by atoms with Crippen molar-refractivity contribution in [2.45, 2.75) is 43.9 Å². The number of aromatic nitrogens is 2. The lowest BCUT2D eigenvalue weighted by Gasteiger charge is -2.38. The summed E-state index contributed by atoms with van der Waals surface area (Å²) in [5, 5.41) is 9.71. The van der Waals surface area contributed by atoms with E-state index in [4.69, 9.17) is 4.74 Å². The summed E-state index contributed by atoms with van der Waals surface area (Å²) in [6, 6.07) is 4.33. The highest BCUT2D eigenvalue weighted by molar-refractivity contribution is 7.92. The van der Waals surface area contributed by atoms with Crippen LogP contribution in [0.1, 0.15) is 37.0 Å². The molecule has 0 spiro atoms. The predicted molar refractivity (Wildman–Crippen MR) is 132 cm³/mol. The topological polar surface area (TPSA) is 117 Å². The average molecular weight is 506 g/mol. The van der Waals surface area contributed by atoms with E-state index in [0.29, 0.717) is 18.8 Å². The van der Waals surface area contributed by atoms with E-state index in [2.05, 4.69) is 28.6 Å². The number of nitrogens with one attached hydrogen (secondary N) is 1. The van der Waals surface area contributed by atoms with Crippen LogP contribution in [0.2, 0.25) is 0 Å². The molecule has 1 aromatic carbocycles. The van der Waals surface area contributed by atoms with Crippen LogP contribution in [-0.4, -0.2) is 84.2 Å². The van der Waals surface area contributed by atoms with Crippen LogP contribution in [-0.2, 0) is 17.1 Å². The Morgan fingerprint density at radius 1 is 1.31 bits per heavy atom. The van der Waals surface area contributed by atoms with Crippen molar-refractivity contribution in [2.75, 3.05) is 38.0 Å². The standard InChI is InChI=1S/C24H35N5O5S/c1-16-10-29(17(2)14-30)24(31)20-9-19(26-35(32,33)23-13-28(4)15-25-23)7-8-21(20)34-22(16)12-27(3)11-18-5-6-18/h7-9,13,15-18,22,26,30H,5-6,10-12,14H2,1-4H3. The van der Waals surface area contributed by atoms with Crippen LogP contribution in [0, 0.1) is 11.8 Å². The van der Waals surface area contributed by atoms with Gasteiger partial charge in [0.2, 0.25) is 0 Å². The molecule has 1 aliphatic carbocycles. The summed E-state index contributed by atoms with van der Waals surface area (Å²) in [6.45, 7) is 5.83. The molecule has 3 unspecified atom stereocenters. The minimum atomic E-state index is -3.92. The van der Waals surface area contributed by atoms with E-state index in [-0.39, 0.29) is 40.8 Å². The van der Waals surface area contributed by atoms with Crippen molar-refractivity contribution in [1.29, 1.82) is 0 Å². The number of aliphatic hydroxyl groups excluding tert-OH is 1. The molecular weight excluding hydrogens is 470 g/mol. The van der Waals surface area contributed by atoms with Gasteiger partial charge in [-0.2, -0.15) is 8.42 Å². The van der Waals surface area contributed by atoms with Crippen LogP contribution in [0.3, 0.4) is 0 Å². The zero-order valence-corrected chi connectivity index (χ0v) is 21.5. The van der Waals surface area contributed by atoms with Gasteiger partial charge in [-0.05, 0) is 50.9 Å². The number of anilines is 1. The lowest BCUT2D eigenvalue weighted by Crippen LogP contribution is -2.50. The maximum atomic E-state index is 13.5. The number of imidazole rings is 1. The number of aryl methyl sites for hydroxylation is 1. The number of hydrogen-bond acceptors (Lipinski definition) is 7. The molecule has 4 rings (SSSR count). The molecule has 1 aliphatic heterocycles. The number of aliphatic hydroxyl groups is 1. The Bertz CT molecular complexity index is 1160. The lowest BCUT2D eigenvalue weighted by atomic mass is 9.99. The third-order valence-corrected chi connectivity index (χ3v) is 7.90. The minimum absolute atomic E-state index is 0.0325. The number of hydrogen-bond donors (Lipinski definition) is 2. The smallest absolute Gasteiger partial charge is 0.280 e. The molecule has 10 nitrogen and oxygen atoms in total. The number of amides is 1. The summed E-state index contributed by atoms with van der Waals surface area (Å²) in [6.07, 6.45) is 5.17. The number of carbonyl (C=O) groups is 1. The van der Waals surface area contributed by atoms with Crippen molar-refractivity contribution in [1.82, 2.24) is 19.4 Å². The summed E-state index contributed by atoms with van der Waals surface area (Å²) in [4.78, 5) is 21.4. The SMILES string of the molecule is CC1CN(C(C)CO)C(=O)c2cc(NS(=O)(=O)c3cn(C)cn3)ccc2OC1CN(C)CC1CC1. The molecule has 2 aromatic rings. The fourth-order valence-corrected chi connectivity index (χ4v) is 5.39. The summed E-state index contributed by atoms with van der Waals surface area (Å²) in [7, 11) is -0.152. The summed E-state index contributed by atoms with van der Waals surface area (Å²) >= 11 is 0. The Morgan fingerprint density at radius 3 is 2.69 bits per heavy atom. The number of benzene rings is 1. The van der Waals surface area contributed by atoms with Gasteiger partial charge in [-0.15, -0.1) is 0 Å². The third-order valence-electron chi connectivity index (χ3n) is 6.63. The maximum absolute atomic E-state index is 13.5. The summed E-state index contributed by atoms with van der Waals surface area (Å²) < 4.78 is 36.0. The van der Waals surface area contributed by atoms with Crippen LogP contribution in [0.5, 0.6) is 5.75 Å². The number of fused-ring (bicyclic) bond motifs is 1. The van der Waals surface area contributed by atoms with E-state index in [0.717, 1.165) is 12.5 Å². The largest absolute Gasteiger partial charge is 0.488 e. The van der Waals surface area contributed by atoms with Crippen LogP contribution >= 0.6 is 0 Å². The second kappa shape index (κ2) is 10.2. The lowest BCUT2D eigenvalue weighted by molar-refractivity contribution is 0.0344. The first-order valence-corrected chi connectivity index (χ1v) is 13.5. The molecule has 0 bridgehead atoms. The van der Waals surface area contributed by atoms with Gasteiger partial charge in [-0.3, -0.25) is 9.52 Å². The highest BCUT2D eigenvalue weighted by atomic mass is 32.2. The van der Waals surface area contributed by atoms with Gasteiger partial charge in [-0.1, -0.05) is 6.92 Å². The number of likely N-dealkylation sites (N-methyl/N-ethyl adjacent to an activating group) is 1. The van der Waals surface area contributed by atoms with Crippen molar-refractivity contribution in [3.63, 3.8) is 0 Å². The normalized spacial score (nSPS) is 21.8. The first kappa shape index (κ1) is 25.5. The van der Waals surface area contributed by atoms with Crippen molar-refractivity contribution in [2.24, 2.45) is 18.9 Å². The molecule has 0 saturated heterocycles. The number of ether oxygens (including phenoxy) is 1. The molecule has 1 aromatic heterocycles. The van der Waals surface area contributed by atoms with Gasteiger partial charge < -0.3 is 24.2 Å². The van der Waals surface area contributed by atoms with Crippen molar-refractivity contribution < 1.29 is 23.1 Å². The number of sulfonamides is 1. The number of carbonyl (C=O) groups excluding carboxylic acids is 1. The van der Waals surface area contributed by atoms with Gasteiger partial charge >= 0.3 is 0 Å². The quantitative estimate of drug-likeness (QED) is 0.534. The number of nitrogens with zero attached hydrogens (tertiary/aromatic N) is 4. The van der Waals surface area contributed by atoms with E-state index >= 15 is 0 Å². The second-order valence-corrected chi connectivity index (χ2v) is 11.6. The summed E-state index contributed by atoms with van der Waals surface area (Å²) in [5.74, 6) is 0.878. The predicted octanol–water partition coefficient (Wildman–Crippen LogP) is 1.78. The molecule has 2 aliphatic rings. The van der Waals surface area contributed by atoms with Gasteiger partial charge in [0.05, 0.1) is 24.5 Å². The molecule has 1 fully saturated rings. The zero-order valence-electron chi connectivity index (χ0n) is 20.7. The van der Waals surface area contributed by atoms with Gasteiger partial charge in [0.25, 0.3) is 15.9 Å². The monoisotopic (exact) mass is 505 g/mol. The Kier molecular flexibility index (Phi) is 7.39. The fourth-order valence-electron chi connectivity index (χ4n) is 4.36. The first-order chi connectivity index (χ1) is 16.6. The van der Waals surface area contributed by atoms with Gasteiger partial charge in [0.1, 0.15) is 11.9 Å². The molecule has 2 N–H and O–H groups in total. The van der Waals surface area contributed by atoms with Crippen molar-refractivity contribution in [3.05, 3.63) is 36.3 Å². The molecule has 0 radical (unpaired) electrons. The van der Waals surface area contributed by atoms with E-state index in [1.165, 1.54) is 31.4 Å². The molecule has 1 saturated carbocycles. The van der Waals surface area contributed by atoms with Crippen LogP contribution in [0.25, 0.3) is 0 Å².